The van der Waals surface area contributed by atoms with Crippen molar-refractivity contribution in [2.45, 2.75) is 6.61 Å². The fourth-order valence-corrected chi connectivity index (χ4v) is 1.11. The molecule has 0 aliphatic rings. The summed E-state index contributed by atoms with van der Waals surface area (Å²) in [6.45, 7) is -8.73. The van der Waals surface area contributed by atoms with Crippen LogP contribution < -0.4 is 66.3 Å². The van der Waals surface area contributed by atoms with Gasteiger partial charge in [-0.2, -0.15) is 8.78 Å². The van der Waals surface area contributed by atoms with E-state index in [-0.39, 0.29) is 57.1 Å². The summed E-state index contributed by atoms with van der Waals surface area (Å²) in [4.78, 5) is 0. The topological polar surface area (TPSA) is 18.5 Å². The molecule has 0 spiro atoms. The van der Waals surface area contributed by atoms with Crippen LogP contribution in [0.2, 0.25) is 0 Å². The van der Waals surface area contributed by atoms with Gasteiger partial charge in [0.05, 0.1) is 12.9 Å². The summed E-state index contributed by atoms with van der Waals surface area (Å²) in [5, 5.41) is 0. The molecule has 0 N–H and O–H groups in total. The molecule has 0 radical (unpaired) electrons. The Kier molecular flexibility index (Phi) is 7.00. The first-order valence-corrected chi connectivity index (χ1v) is 4.17. The number of alkyl halides is 2. The van der Waals surface area contributed by atoms with Crippen molar-refractivity contribution in [2.24, 2.45) is 0 Å². The van der Waals surface area contributed by atoms with Crippen LogP contribution in [-0.2, 0) is 0 Å². The SMILES string of the molecule is COc1ccc(OC(F)F)c([B-](F)(F)F)c1.[K+]. The Morgan fingerprint density at radius 1 is 1.18 bits per heavy atom. The number of methoxy groups -OCH3 is 1. The molecule has 0 saturated heterocycles. The zero-order valence-electron chi connectivity index (χ0n) is 9.09. The molecule has 90 valence electrons. The third kappa shape index (κ3) is 5.13. The smallest absolute Gasteiger partial charge is 0.497 e. The maximum atomic E-state index is 12.5. The van der Waals surface area contributed by atoms with Gasteiger partial charge in [0.1, 0.15) is 5.75 Å². The van der Waals surface area contributed by atoms with E-state index in [1.54, 1.807) is 0 Å². The first-order valence-electron chi connectivity index (χ1n) is 4.17. The van der Waals surface area contributed by atoms with E-state index in [1.807, 2.05) is 0 Å². The number of halogens is 5. The summed E-state index contributed by atoms with van der Waals surface area (Å²) in [5.74, 6) is -0.973. The normalized spacial score (nSPS) is 11.0. The maximum Gasteiger partial charge on any atom is 1.00 e. The predicted molar refractivity (Wildman–Crippen MR) is 48.3 cm³/mol. The molecule has 2 nitrogen and oxygen atoms in total. The van der Waals surface area contributed by atoms with Crippen molar-refractivity contribution in [1.29, 1.82) is 0 Å². The van der Waals surface area contributed by atoms with Crippen molar-refractivity contribution in [2.75, 3.05) is 7.11 Å². The molecule has 1 rings (SSSR count). The van der Waals surface area contributed by atoms with Crippen molar-refractivity contribution in [3.8, 4) is 11.5 Å². The van der Waals surface area contributed by atoms with E-state index < -0.39 is 24.8 Å². The second kappa shape index (κ2) is 6.93. The van der Waals surface area contributed by atoms with Crippen molar-refractivity contribution >= 4 is 12.4 Å². The molecule has 1 aromatic carbocycles. The average Bonchev–Trinajstić information content (AvgIpc) is 2.15. The first kappa shape index (κ1) is 17.2. The van der Waals surface area contributed by atoms with Gasteiger partial charge in [0, 0.05) is 0 Å². The van der Waals surface area contributed by atoms with Crippen molar-refractivity contribution < 1.29 is 82.6 Å². The van der Waals surface area contributed by atoms with Gasteiger partial charge in [0.25, 0.3) is 0 Å². The molecule has 0 heterocycles. The predicted octanol–water partition coefficient (Wildman–Crippen LogP) is -0.645. The van der Waals surface area contributed by atoms with Crippen molar-refractivity contribution in [3.05, 3.63) is 18.2 Å². The minimum atomic E-state index is -5.43. The fraction of sp³-hybridized carbons (Fsp3) is 0.250. The van der Waals surface area contributed by atoms with Crippen LogP contribution in [0.3, 0.4) is 0 Å². The number of rotatable bonds is 4. The monoisotopic (exact) mass is 280 g/mol. The summed E-state index contributed by atoms with van der Waals surface area (Å²) in [5.41, 5.74) is -1.24. The van der Waals surface area contributed by atoms with Gasteiger partial charge in [-0.05, 0) is 18.2 Å². The second-order valence-corrected chi connectivity index (χ2v) is 2.86. The molecule has 0 aliphatic carbocycles. The second-order valence-electron chi connectivity index (χ2n) is 2.86. The van der Waals surface area contributed by atoms with Crippen molar-refractivity contribution in [1.82, 2.24) is 0 Å². The molecule has 0 aliphatic heterocycles. The van der Waals surface area contributed by atoms with Crippen molar-refractivity contribution in [3.63, 3.8) is 0 Å². The van der Waals surface area contributed by atoms with Crippen LogP contribution >= 0.6 is 0 Å². The van der Waals surface area contributed by atoms with Gasteiger partial charge in [-0.25, -0.2) is 0 Å². The third-order valence-electron chi connectivity index (χ3n) is 1.79. The van der Waals surface area contributed by atoms with Gasteiger partial charge in [0.15, 0.2) is 0 Å². The summed E-state index contributed by atoms with van der Waals surface area (Å²) < 4.78 is 69.6. The molecule has 0 bridgehead atoms. The standard InChI is InChI=1S/C8H7BF5O2.K/c1-15-5-2-3-7(16-8(10)11)6(4-5)9(12,13)14;/h2-4,8H,1H3;/q-1;+1. The fourth-order valence-electron chi connectivity index (χ4n) is 1.11. The first-order chi connectivity index (χ1) is 7.34. The molecule has 0 atom stereocenters. The summed E-state index contributed by atoms with van der Waals surface area (Å²) in [7, 11) is 1.18. The van der Waals surface area contributed by atoms with Gasteiger partial charge in [-0.15, -0.1) is 0 Å². The number of ether oxygens (including phenoxy) is 2. The Morgan fingerprint density at radius 2 is 1.76 bits per heavy atom. The van der Waals surface area contributed by atoms with E-state index >= 15 is 0 Å². The molecule has 9 heteroatoms. The van der Waals surface area contributed by atoms with Gasteiger partial charge >= 0.3 is 65.0 Å². The van der Waals surface area contributed by atoms with Crippen LogP contribution in [-0.4, -0.2) is 20.7 Å². The third-order valence-corrected chi connectivity index (χ3v) is 1.79. The minimum absolute atomic E-state index is 0. The van der Waals surface area contributed by atoms with Crippen LogP contribution in [0.4, 0.5) is 21.7 Å². The average molecular weight is 280 g/mol. The summed E-state index contributed by atoms with van der Waals surface area (Å²) >= 11 is 0. The van der Waals surface area contributed by atoms with E-state index in [0.717, 1.165) is 12.1 Å². The van der Waals surface area contributed by atoms with Crippen LogP contribution in [0.25, 0.3) is 0 Å². The van der Waals surface area contributed by atoms with Crippen LogP contribution in [0.15, 0.2) is 18.2 Å². The number of hydrogen-bond acceptors (Lipinski definition) is 2. The molecule has 1 aromatic rings. The van der Waals surface area contributed by atoms with E-state index in [0.29, 0.717) is 6.07 Å². The Balaban J connectivity index is 0.00000256. The Labute approximate surface area is 137 Å². The van der Waals surface area contributed by atoms with E-state index in [1.165, 1.54) is 7.11 Å². The molecule has 0 unspecified atom stereocenters. The van der Waals surface area contributed by atoms with Crippen LogP contribution in [0, 0.1) is 0 Å². The van der Waals surface area contributed by atoms with Gasteiger partial charge in [-0.1, -0.05) is 5.46 Å². The number of benzene rings is 1. The van der Waals surface area contributed by atoms with E-state index in [4.69, 9.17) is 0 Å². The Hall–Kier alpha value is 0.171. The Morgan fingerprint density at radius 3 is 2.18 bits per heavy atom. The van der Waals surface area contributed by atoms with Gasteiger partial charge in [0.2, 0.25) is 0 Å². The molecule has 0 aromatic heterocycles. The zero-order valence-corrected chi connectivity index (χ0v) is 12.2. The quantitative estimate of drug-likeness (QED) is 0.539. The number of hydrogen-bond donors (Lipinski definition) is 0. The molecule has 0 saturated carbocycles. The van der Waals surface area contributed by atoms with Gasteiger partial charge < -0.3 is 22.4 Å². The van der Waals surface area contributed by atoms with Crippen LogP contribution in [0.1, 0.15) is 0 Å². The Bertz CT molecular complexity index is 371. The molecule has 17 heavy (non-hydrogen) atoms. The largest absolute Gasteiger partial charge is 1.00 e. The minimum Gasteiger partial charge on any atom is -0.497 e. The summed E-state index contributed by atoms with van der Waals surface area (Å²) in [6.07, 6.45) is 0. The molecular weight excluding hydrogens is 273 g/mol. The molecule has 0 amide bonds. The zero-order chi connectivity index (χ0) is 12.3. The molecule has 0 fully saturated rings. The van der Waals surface area contributed by atoms with Crippen LogP contribution in [0.5, 0.6) is 11.5 Å². The van der Waals surface area contributed by atoms with E-state index in [2.05, 4.69) is 9.47 Å². The maximum absolute atomic E-state index is 12.5. The molecular formula is C8H7BF5KO2. The van der Waals surface area contributed by atoms with Gasteiger partial charge in [-0.3, -0.25) is 0 Å². The summed E-state index contributed by atoms with van der Waals surface area (Å²) in [6, 6.07) is 2.54. The van der Waals surface area contributed by atoms with E-state index in [9.17, 15) is 21.7 Å².